The van der Waals surface area contributed by atoms with E-state index in [4.69, 9.17) is 22.0 Å². The second-order valence-corrected chi connectivity index (χ2v) is 4.96. The van der Waals surface area contributed by atoms with E-state index in [9.17, 15) is 4.79 Å². The molecule has 2 rings (SSSR count). The molecule has 1 unspecified atom stereocenters. The number of rotatable bonds is 4. The normalized spacial score (nSPS) is 18.8. The number of aromatic nitrogens is 1. The zero-order valence-electron chi connectivity index (χ0n) is 10.8. The Balaban J connectivity index is 2.09. The molecule has 20 heavy (non-hydrogen) atoms. The number of pyridine rings is 1. The number of piperidine rings is 1. The van der Waals surface area contributed by atoms with Crippen LogP contribution in [0.25, 0.3) is 0 Å². The van der Waals surface area contributed by atoms with Gasteiger partial charge in [-0.25, -0.2) is 4.98 Å². The van der Waals surface area contributed by atoms with Gasteiger partial charge in [-0.1, -0.05) is 11.6 Å². The molecule has 2 N–H and O–H groups in total. The first-order valence-electron chi connectivity index (χ1n) is 6.37. The molecular weight excluding hydrogens is 280 g/mol. The van der Waals surface area contributed by atoms with Crippen molar-refractivity contribution in [3.05, 3.63) is 22.8 Å². The van der Waals surface area contributed by atoms with Gasteiger partial charge in [0.2, 0.25) is 5.91 Å². The lowest BCUT2D eigenvalue weighted by molar-refractivity contribution is -0.134. The number of carbonyl (C=O) groups excluding carboxylic acids is 1. The van der Waals surface area contributed by atoms with Crippen molar-refractivity contribution in [3.63, 3.8) is 0 Å². The zero-order valence-corrected chi connectivity index (χ0v) is 11.6. The SMILES string of the molecule is N#Cc1cnc(NC2CCCN(CCO)C2=O)c(Cl)c1. The number of amides is 1. The Morgan fingerprint density at radius 1 is 1.65 bits per heavy atom. The fourth-order valence-electron chi connectivity index (χ4n) is 2.19. The molecule has 1 aromatic rings. The first-order chi connectivity index (χ1) is 9.65. The van der Waals surface area contributed by atoms with Gasteiger partial charge in [-0.05, 0) is 18.9 Å². The molecule has 1 fully saturated rings. The van der Waals surface area contributed by atoms with Crippen LogP contribution in [-0.4, -0.2) is 46.6 Å². The third-order valence-corrected chi connectivity index (χ3v) is 3.47. The van der Waals surface area contributed by atoms with Crippen LogP contribution in [0.15, 0.2) is 12.3 Å². The number of nitrogens with zero attached hydrogens (tertiary/aromatic N) is 3. The minimum atomic E-state index is -0.395. The number of aliphatic hydroxyl groups is 1. The number of nitrogens with one attached hydrogen (secondary N) is 1. The third kappa shape index (κ3) is 3.18. The van der Waals surface area contributed by atoms with Crippen LogP contribution in [0.1, 0.15) is 18.4 Å². The van der Waals surface area contributed by atoms with Crippen LogP contribution in [0.4, 0.5) is 5.82 Å². The molecule has 2 heterocycles. The minimum absolute atomic E-state index is 0.0473. The van der Waals surface area contributed by atoms with Gasteiger partial charge in [0.05, 0.1) is 17.2 Å². The Kier molecular flexibility index (Phi) is 4.77. The highest BCUT2D eigenvalue weighted by molar-refractivity contribution is 6.33. The molecule has 6 nitrogen and oxygen atoms in total. The minimum Gasteiger partial charge on any atom is -0.395 e. The summed E-state index contributed by atoms with van der Waals surface area (Å²) in [6, 6.07) is 3.07. The van der Waals surface area contributed by atoms with Crippen molar-refractivity contribution in [2.75, 3.05) is 25.0 Å². The molecule has 0 aliphatic carbocycles. The number of β-amino-alcohol motifs (C(OH)–C–C–N with tert-alkyl or cyclic N) is 1. The number of hydrogen-bond acceptors (Lipinski definition) is 5. The molecule has 1 aliphatic heterocycles. The maximum atomic E-state index is 12.2. The molecule has 0 bridgehead atoms. The van der Waals surface area contributed by atoms with Crippen LogP contribution < -0.4 is 5.32 Å². The summed E-state index contributed by atoms with van der Waals surface area (Å²) >= 11 is 6.03. The average molecular weight is 295 g/mol. The molecule has 1 amide bonds. The summed E-state index contributed by atoms with van der Waals surface area (Å²) in [6.07, 6.45) is 2.96. The number of aliphatic hydroxyl groups excluding tert-OH is 1. The van der Waals surface area contributed by atoms with Crippen molar-refractivity contribution in [1.29, 1.82) is 5.26 Å². The van der Waals surface area contributed by atoms with Gasteiger partial charge < -0.3 is 15.3 Å². The summed E-state index contributed by atoms with van der Waals surface area (Å²) in [5.74, 6) is 0.336. The zero-order chi connectivity index (χ0) is 14.5. The van der Waals surface area contributed by atoms with Crippen molar-refractivity contribution < 1.29 is 9.90 Å². The number of carbonyl (C=O) groups is 1. The first kappa shape index (κ1) is 14.6. The first-order valence-corrected chi connectivity index (χ1v) is 6.75. The fourth-order valence-corrected chi connectivity index (χ4v) is 2.41. The van der Waals surface area contributed by atoms with Crippen molar-refractivity contribution >= 4 is 23.3 Å². The van der Waals surface area contributed by atoms with Gasteiger partial charge in [0.15, 0.2) is 0 Å². The monoisotopic (exact) mass is 294 g/mol. The quantitative estimate of drug-likeness (QED) is 0.865. The molecule has 1 atom stereocenters. The van der Waals surface area contributed by atoms with Crippen LogP contribution in [0.2, 0.25) is 5.02 Å². The number of halogens is 1. The largest absolute Gasteiger partial charge is 0.395 e. The molecule has 0 radical (unpaired) electrons. The molecule has 7 heteroatoms. The van der Waals surface area contributed by atoms with Gasteiger partial charge in [-0.15, -0.1) is 0 Å². The van der Waals surface area contributed by atoms with Gasteiger partial charge in [-0.3, -0.25) is 4.79 Å². The third-order valence-electron chi connectivity index (χ3n) is 3.18. The van der Waals surface area contributed by atoms with E-state index in [1.807, 2.05) is 6.07 Å². The Bertz CT molecular complexity index is 542. The van der Waals surface area contributed by atoms with E-state index in [0.29, 0.717) is 35.9 Å². The molecule has 0 saturated carbocycles. The van der Waals surface area contributed by atoms with Gasteiger partial charge in [0.1, 0.15) is 17.9 Å². The topological polar surface area (TPSA) is 89.2 Å². The average Bonchev–Trinajstić information content (AvgIpc) is 2.45. The molecule has 106 valence electrons. The number of anilines is 1. The molecule has 1 aliphatic rings. The maximum absolute atomic E-state index is 12.2. The summed E-state index contributed by atoms with van der Waals surface area (Å²) in [5, 5.41) is 21.0. The van der Waals surface area contributed by atoms with E-state index in [1.165, 1.54) is 12.3 Å². The Labute approximate surface area is 122 Å². The van der Waals surface area contributed by atoms with E-state index in [1.54, 1.807) is 4.90 Å². The molecular formula is C13H15ClN4O2. The van der Waals surface area contributed by atoms with Gasteiger partial charge in [-0.2, -0.15) is 5.26 Å². The summed E-state index contributed by atoms with van der Waals surface area (Å²) in [6.45, 7) is 0.950. The van der Waals surface area contributed by atoms with E-state index in [0.717, 1.165) is 6.42 Å². The number of nitriles is 1. The molecule has 1 saturated heterocycles. The lowest BCUT2D eigenvalue weighted by Crippen LogP contribution is -2.48. The summed E-state index contributed by atoms with van der Waals surface area (Å²) in [4.78, 5) is 17.9. The lowest BCUT2D eigenvalue weighted by Gasteiger charge is -2.32. The smallest absolute Gasteiger partial charge is 0.245 e. The summed E-state index contributed by atoms with van der Waals surface area (Å²) < 4.78 is 0. The van der Waals surface area contributed by atoms with Crippen LogP contribution in [0.3, 0.4) is 0 Å². The van der Waals surface area contributed by atoms with E-state index in [-0.39, 0.29) is 12.5 Å². The van der Waals surface area contributed by atoms with Gasteiger partial charge in [0, 0.05) is 19.3 Å². The fraction of sp³-hybridized carbons (Fsp3) is 0.462. The van der Waals surface area contributed by atoms with Crippen molar-refractivity contribution in [3.8, 4) is 6.07 Å². The lowest BCUT2D eigenvalue weighted by atomic mass is 10.0. The Hall–Kier alpha value is -1.84. The van der Waals surface area contributed by atoms with Gasteiger partial charge in [0.25, 0.3) is 0 Å². The Morgan fingerprint density at radius 3 is 3.10 bits per heavy atom. The van der Waals surface area contributed by atoms with E-state index >= 15 is 0 Å². The second kappa shape index (κ2) is 6.55. The maximum Gasteiger partial charge on any atom is 0.245 e. The van der Waals surface area contributed by atoms with Crippen LogP contribution >= 0.6 is 11.6 Å². The molecule has 1 aromatic heterocycles. The predicted octanol–water partition coefficient (Wildman–Crippen LogP) is 1.00. The van der Waals surface area contributed by atoms with Crippen LogP contribution in [0, 0.1) is 11.3 Å². The standard InChI is InChI=1S/C13H15ClN4O2/c14-10-6-9(7-15)8-16-12(10)17-11-2-1-3-18(4-5-19)13(11)20/h6,8,11,19H,1-5H2,(H,16,17). The molecule has 0 aromatic carbocycles. The predicted molar refractivity (Wildman–Crippen MR) is 74.3 cm³/mol. The summed E-state index contributed by atoms with van der Waals surface area (Å²) in [7, 11) is 0. The van der Waals surface area contributed by atoms with Crippen LogP contribution in [-0.2, 0) is 4.79 Å². The second-order valence-electron chi connectivity index (χ2n) is 4.55. The highest BCUT2D eigenvalue weighted by atomic mass is 35.5. The van der Waals surface area contributed by atoms with Crippen molar-refractivity contribution in [1.82, 2.24) is 9.88 Å². The van der Waals surface area contributed by atoms with Crippen LogP contribution in [0.5, 0.6) is 0 Å². The highest BCUT2D eigenvalue weighted by Gasteiger charge is 2.28. The molecule has 0 spiro atoms. The highest BCUT2D eigenvalue weighted by Crippen LogP contribution is 2.23. The number of hydrogen-bond donors (Lipinski definition) is 2. The number of likely N-dealkylation sites (tertiary alicyclic amines) is 1. The van der Waals surface area contributed by atoms with E-state index < -0.39 is 6.04 Å². The Morgan fingerprint density at radius 2 is 2.45 bits per heavy atom. The van der Waals surface area contributed by atoms with Crippen molar-refractivity contribution in [2.24, 2.45) is 0 Å². The van der Waals surface area contributed by atoms with Gasteiger partial charge >= 0.3 is 0 Å². The summed E-state index contributed by atoms with van der Waals surface area (Å²) in [5.41, 5.74) is 0.373. The van der Waals surface area contributed by atoms with Crippen molar-refractivity contribution in [2.45, 2.75) is 18.9 Å². The van der Waals surface area contributed by atoms with E-state index in [2.05, 4.69) is 10.3 Å².